The number of nitrogens with zero attached hydrogens (tertiary/aromatic N) is 3. The van der Waals surface area contributed by atoms with E-state index < -0.39 is 18.1 Å². The summed E-state index contributed by atoms with van der Waals surface area (Å²) in [5, 5.41) is 12.0. The Bertz CT molecular complexity index is 998. The maximum Gasteiger partial charge on any atom is 0.258 e. The van der Waals surface area contributed by atoms with Crippen molar-refractivity contribution in [2.45, 2.75) is 44.9 Å². The van der Waals surface area contributed by atoms with Crippen molar-refractivity contribution in [3.05, 3.63) is 65.1 Å². The number of benzene rings is 1. The van der Waals surface area contributed by atoms with E-state index in [0.29, 0.717) is 24.1 Å². The first-order valence-electron chi connectivity index (χ1n) is 9.52. The molecule has 0 fully saturated rings. The summed E-state index contributed by atoms with van der Waals surface area (Å²) in [4.78, 5) is 5.85. The van der Waals surface area contributed by atoms with Gasteiger partial charge in [0.1, 0.15) is 5.60 Å². The fraction of sp³-hybridized carbons (Fsp3) is 0.409. The predicted octanol–water partition coefficient (Wildman–Crippen LogP) is 4.05. The van der Waals surface area contributed by atoms with Crippen LogP contribution in [0.1, 0.15) is 35.3 Å². The zero-order valence-electron chi connectivity index (χ0n) is 16.4. The van der Waals surface area contributed by atoms with E-state index in [1.54, 1.807) is 37.3 Å². The molecule has 2 atom stereocenters. The highest BCUT2D eigenvalue weighted by atomic mass is 19.3. The number of fused-ring (bicyclic) bond motifs is 3. The number of alkyl halides is 2. The first-order valence-corrected chi connectivity index (χ1v) is 9.52. The van der Waals surface area contributed by atoms with E-state index in [1.807, 2.05) is 35.8 Å². The van der Waals surface area contributed by atoms with Gasteiger partial charge in [0.05, 0.1) is 12.6 Å². The van der Waals surface area contributed by atoms with Crippen molar-refractivity contribution in [3.8, 4) is 0 Å². The molecule has 4 nitrogen and oxygen atoms in total. The van der Waals surface area contributed by atoms with Crippen LogP contribution in [0.25, 0.3) is 10.9 Å². The van der Waals surface area contributed by atoms with Gasteiger partial charge in [0.25, 0.3) is 6.43 Å². The molecule has 148 valence electrons. The summed E-state index contributed by atoms with van der Waals surface area (Å²) in [7, 11) is 1.75. The van der Waals surface area contributed by atoms with Gasteiger partial charge in [-0.25, -0.2) is 8.78 Å². The maximum atomic E-state index is 14.0. The molecule has 28 heavy (non-hydrogen) atoms. The molecular weight excluding hydrogens is 360 g/mol. The molecule has 0 bridgehead atoms. The smallest absolute Gasteiger partial charge is 0.258 e. The van der Waals surface area contributed by atoms with Gasteiger partial charge in [-0.3, -0.25) is 9.88 Å². The van der Waals surface area contributed by atoms with Crippen LogP contribution in [0.15, 0.2) is 42.7 Å². The van der Waals surface area contributed by atoms with E-state index >= 15 is 0 Å². The van der Waals surface area contributed by atoms with Gasteiger partial charge >= 0.3 is 0 Å². The monoisotopic (exact) mass is 385 g/mol. The number of halogens is 2. The highest BCUT2D eigenvalue weighted by Crippen LogP contribution is 2.41. The molecule has 6 heteroatoms. The largest absolute Gasteiger partial charge is 0.384 e. The Morgan fingerprint density at radius 3 is 2.79 bits per heavy atom. The number of aliphatic hydroxyl groups is 1. The third-order valence-electron chi connectivity index (χ3n) is 5.83. The van der Waals surface area contributed by atoms with Crippen molar-refractivity contribution in [2.24, 2.45) is 0 Å². The molecule has 0 saturated heterocycles. The molecule has 0 spiro atoms. The minimum atomic E-state index is -2.47. The van der Waals surface area contributed by atoms with Crippen LogP contribution in [0.4, 0.5) is 8.78 Å². The Hall–Kier alpha value is -2.31. The molecule has 3 heterocycles. The van der Waals surface area contributed by atoms with E-state index in [1.165, 1.54) is 0 Å². The molecule has 0 radical (unpaired) electrons. The van der Waals surface area contributed by atoms with Gasteiger partial charge in [-0.15, -0.1) is 0 Å². The summed E-state index contributed by atoms with van der Waals surface area (Å²) in [5.41, 5.74) is 3.06. The third kappa shape index (κ3) is 3.10. The highest BCUT2D eigenvalue weighted by Gasteiger charge is 2.37. The molecule has 2 unspecified atom stereocenters. The lowest BCUT2D eigenvalue weighted by Crippen LogP contribution is -2.37. The lowest BCUT2D eigenvalue weighted by molar-refractivity contribution is 0.0275. The molecule has 1 N–H and O–H groups in total. The van der Waals surface area contributed by atoms with E-state index in [0.717, 1.165) is 22.2 Å². The normalized spacial score (nSPS) is 19.8. The first kappa shape index (κ1) is 19.0. The molecule has 0 aliphatic carbocycles. The fourth-order valence-electron chi connectivity index (χ4n) is 4.37. The van der Waals surface area contributed by atoms with Crippen LogP contribution in [0, 0.1) is 6.92 Å². The lowest BCUT2D eigenvalue weighted by Gasteiger charge is -2.34. The predicted molar refractivity (Wildman–Crippen MR) is 106 cm³/mol. The van der Waals surface area contributed by atoms with Crippen LogP contribution in [0.2, 0.25) is 0 Å². The number of aryl methyl sites for hydroxylation is 1. The first-order chi connectivity index (χ1) is 13.3. The SMILES string of the molecule is Cc1ccc2c(c1)c1c(n2CC(C)(O)c2cccnc2)CCN(C)C1C(F)F. The molecule has 1 aliphatic heterocycles. The van der Waals surface area contributed by atoms with Gasteiger partial charge in [0.2, 0.25) is 0 Å². The summed E-state index contributed by atoms with van der Waals surface area (Å²) < 4.78 is 30.0. The number of rotatable bonds is 4. The van der Waals surface area contributed by atoms with Gasteiger partial charge in [-0.05, 0) is 39.1 Å². The second-order valence-electron chi connectivity index (χ2n) is 7.99. The van der Waals surface area contributed by atoms with Crippen LogP contribution in [-0.2, 0) is 18.6 Å². The fourth-order valence-corrected chi connectivity index (χ4v) is 4.37. The molecular formula is C22H25F2N3O. The van der Waals surface area contributed by atoms with Crippen molar-refractivity contribution in [3.63, 3.8) is 0 Å². The Morgan fingerprint density at radius 1 is 1.32 bits per heavy atom. The van der Waals surface area contributed by atoms with Crippen molar-refractivity contribution in [2.75, 3.05) is 13.6 Å². The topological polar surface area (TPSA) is 41.3 Å². The zero-order chi connectivity index (χ0) is 20.1. The van der Waals surface area contributed by atoms with Crippen molar-refractivity contribution < 1.29 is 13.9 Å². The number of aromatic nitrogens is 2. The zero-order valence-corrected chi connectivity index (χ0v) is 16.4. The average molecular weight is 385 g/mol. The number of hydrogen-bond donors (Lipinski definition) is 1. The Morgan fingerprint density at radius 2 is 2.11 bits per heavy atom. The van der Waals surface area contributed by atoms with E-state index in [2.05, 4.69) is 4.98 Å². The number of pyridine rings is 1. The molecule has 1 aromatic carbocycles. The highest BCUT2D eigenvalue weighted by molar-refractivity contribution is 5.87. The Kier molecular flexibility index (Phi) is 4.71. The summed E-state index contributed by atoms with van der Waals surface area (Å²) in [6.07, 6.45) is 1.52. The third-order valence-corrected chi connectivity index (χ3v) is 5.83. The lowest BCUT2D eigenvalue weighted by atomic mass is 9.95. The molecule has 4 rings (SSSR count). The van der Waals surface area contributed by atoms with Gasteiger partial charge < -0.3 is 9.67 Å². The van der Waals surface area contributed by atoms with Gasteiger partial charge in [0, 0.05) is 53.1 Å². The summed E-state index contributed by atoms with van der Waals surface area (Å²) in [5.74, 6) is 0. The minimum absolute atomic E-state index is 0.285. The van der Waals surface area contributed by atoms with E-state index in [9.17, 15) is 13.9 Å². The van der Waals surface area contributed by atoms with Crippen LogP contribution in [0.3, 0.4) is 0 Å². The maximum absolute atomic E-state index is 14.0. The van der Waals surface area contributed by atoms with Crippen molar-refractivity contribution in [1.29, 1.82) is 0 Å². The van der Waals surface area contributed by atoms with E-state index in [-0.39, 0.29) is 6.54 Å². The van der Waals surface area contributed by atoms with Gasteiger partial charge in [-0.1, -0.05) is 17.7 Å². The second-order valence-corrected chi connectivity index (χ2v) is 7.99. The van der Waals surface area contributed by atoms with Gasteiger partial charge in [-0.2, -0.15) is 0 Å². The van der Waals surface area contributed by atoms with E-state index in [4.69, 9.17) is 0 Å². The van der Waals surface area contributed by atoms with Crippen LogP contribution < -0.4 is 0 Å². The quantitative estimate of drug-likeness (QED) is 0.737. The summed E-state index contributed by atoms with van der Waals surface area (Å²) >= 11 is 0. The molecule has 2 aromatic heterocycles. The van der Waals surface area contributed by atoms with Crippen LogP contribution in [-0.4, -0.2) is 39.6 Å². The number of hydrogen-bond acceptors (Lipinski definition) is 3. The molecule has 3 aromatic rings. The van der Waals surface area contributed by atoms with Crippen molar-refractivity contribution >= 4 is 10.9 Å². The minimum Gasteiger partial charge on any atom is -0.384 e. The summed E-state index contributed by atoms with van der Waals surface area (Å²) in [6.45, 7) is 4.56. The number of likely N-dealkylation sites (N-methyl/N-ethyl adjacent to an activating group) is 1. The Balaban J connectivity index is 1.90. The van der Waals surface area contributed by atoms with Crippen molar-refractivity contribution in [1.82, 2.24) is 14.5 Å². The molecule has 0 saturated carbocycles. The van der Waals surface area contributed by atoms with Crippen LogP contribution >= 0.6 is 0 Å². The standard InChI is InChI=1S/C22H25F2N3O/c1-14-6-7-17-16(11-14)19-18(8-10-26(3)20(19)21(23)24)27(17)13-22(2,28)15-5-4-9-25-12-15/h4-7,9,11-12,20-21,28H,8,10,13H2,1-3H3. The molecule has 0 amide bonds. The van der Waals surface area contributed by atoms with Gasteiger partial charge in [0.15, 0.2) is 0 Å². The molecule has 1 aliphatic rings. The second kappa shape index (κ2) is 6.94. The Labute approximate surface area is 163 Å². The van der Waals surface area contributed by atoms with Crippen LogP contribution in [0.5, 0.6) is 0 Å². The average Bonchev–Trinajstić information content (AvgIpc) is 2.94. The summed E-state index contributed by atoms with van der Waals surface area (Å²) in [6, 6.07) is 8.65.